The van der Waals surface area contributed by atoms with Crippen molar-refractivity contribution in [2.75, 3.05) is 19.6 Å². The first kappa shape index (κ1) is 16.0. The zero-order valence-electron chi connectivity index (χ0n) is 11.7. The van der Waals surface area contributed by atoms with Crippen LogP contribution in [0.2, 0.25) is 0 Å². The van der Waals surface area contributed by atoms with E-state index < -0.39 is 5.60 Å². The number of rotatable bonds is 6. The molecule has 0 unspecified atom stereocenters. The van der Waals surface area contributed by atoms with Gasteiger partial charge in [0.25, 0.3) is 0 Å². The molecule has 0 saturated heterocycles. The van der Waals surface area contributed by atoms with Gasteiger partial charge in [0, 0.05) is 13.1 Å². The van der Waals surface area contributed by atoms with Gasteiger partial charge in [-0.3, -0.25) is 0 Å². The summed E-state index contributed by atoms with van der Waals surface area (Å²) in [4.78, 5) is 11.3. The topological polar surface area (TPSA) is 50.4 Å². The molecule has 0 saturated carbocycles. The molecule has 0 aromatic rings. The number of carbonyl (C=O) groups excluding carboxylic acids is 1. The van der Waals surface area contributed by atoms with E-state index in [1.54, 1.807) is 0 Å². The third-order valence-electron chi connectivity index (χ3n) is 1.74. The molecule has 2 N–H and O–H groups in total. The highest BCUT2D eigenvalue weighted by molar-refractivity contribution is 5.67. The standard InChI is InChI=1S/C13H26N2O2/c1-11(2)10-14-8-6-7-9-15-12(16)17-13(3,4)5/h6-7,11,14H,8-10H2,1-5H3,(H,15,16)/b7-6+. The van der Waals surface area contributed by atoms with E-state index in [0.717, 1.165) is 13.1 Å². The second-order valence-corrected chi connectivity index (χ2v) is 5.41. The van der Waals surface area contributed by atoms with Crippen LogP contribution in [0.15, 0.2) is 12.2 Å². The number of amides is 1. The van der Waals surface area contributed by atoms with E-state index in [1.807, 2.05) is 32.9 Å². The van der Waals surface area contributed by atoms with Crippen LogP contribution in [0.3, 0.4) is 0 Å². The first-order valence-electron chi connectivity index (χ1n) is 6.14. The molecule has 0 aromatic heterocycles. The van der Waals surface area contributed by atoms with Gasteiger partial charge in [-0.2, -0.15) is 0 Å². The molecule has 0 bridgehead atoms. The first-order chi connectivity index (χ1) is 7.81. The third-order valence-corrected chi connectivity index (χ3v) is 1.74. The Morgan fingerprint density at radius 2 is 1.82 bits per heavy atom. The van der Waals surface area contributed by atoms with Gasteiger partial charge in [0.05, 0.1) is 0 Å². The summed E-state index contributed by atoms with van der Waals surface area (Å²) in [6.45, 7) is 12.2. The van der Waals surface area contributed by atoms with Crippen LogP contribution in [-0.2, 0) is 4.74 Å². The van der Waals surface area contributed by atoms with Gasteiger partial charge in [-0.1, -0.05) is 26.0 Å². The summed E-state index contributed by atoms with van der Waals surface area (Å²) in [5.74, 6) is 0.656. The van der Waals surface area contributed by atoms with Gasteiger partial charge in [0.15, 0.2) is 0 Å². The minimum atomic E-state index is -0.438. The van der Waals surface area contributed by atoms with Crippen molar-refractivity contribution >= 4 is 6.09 Å². The van der Waals surface area contributed by atoms with Gasteiger partial charge in [-0.15, -0.1) is 0 Å². The Balaban J connectivity index is 3.50. The Labute approximate surface area is 105 Å². The van der Waals surface area contributed by atoms with Crippen molar-refractivity contribution in [2.45, 2.75) is 40.2 Å². The minimum Gasteiger partial charge on any atom is -0.444 e. The zero-order chi connectivity index (χ0) is 13.3. The van der Waals surface area contributed by atoms with Crippen LogP contribution >= 0.6 is 0 Å². The number of ether oxygens (including phenoxy) is 1. The average Bonchev–Trinajstić information content (AvgIpc) is 2.12. The molecule has 17 heavy (non-hydrogen) atoms. The third kappa shape index (κ3) is 12.9. The average molecular weight is 242 g/mol. The van der Waals surface area contributed by atoms with Crippen LogP contribution in [0.25, 0.3) is 0 Å². The number of nitrogens with one attached hydrogen (secondary N) is 2. The van der Waals surface area contributed by atoms with Crippen molar-refractivity contribution in [3.8, 4) is 0 Å². The van der Waals surface area contributed by atoms with Crippen LogP contribution in [0, 0.1) is 5.92 Å². The quantitative estimate of drug-likeness (QED) is 0.555. The van der Waals surface area contributed by atoms with Crippen LogP contribution in [0.1, 0.15) is 34.6 Å². The molecule has 0 radical (unpaired) electrons. The van der Waals surface area contributed by atoms with E-state index in [4.69, 9.17) is 4.74 Å². The van der Waals surface area contributed by atoms with Crippen LogP contribution in [-0.4, -0.2) is 31.3 Å². The second kappa shape index (κ2) is 8.12. The number of hydrogen-bond acceptors (Lipinski definition) is 3. The molecule has 0 fully saturated rings. The lowest BCUT2D eigenvalue weighted by Gasteiger charge is -2.19. The SMILES string of the molecule is CC(C)CNC/C=C/CNC(=O)OC(C)(C)C. The van der Waals surface area contributed by atoms with E-state index in [-0.39, 0.29) is 6.09 Å². The lowest BCUT2D eigenvalue weighted by molar-refractivity contribution is 0.0534. The molecule has 4 nitrogen and oxygen atoms in total. The Bertz CT molecular complexity index is 242. The Morgan fingerprint density at radius 3 is 2.35 bits per heavy atom. The van der Waals surface area contributed by atoms with E-state index in [1.165, 1.54) is 0 Å². The molecule has 0 spiro atoms. The van der Waals surface area contributed by atoms with Gasteiger partial charge in [-0.05, 0) is 33.2 Å². The van der Waals surface area contributed by atoms with Crippen LogP contribution in [0.5, 0.6) is 0 Å². The van der Waals surface area contributed by atoms with Crippen molar-refractivity contribution < 1.29 is 9.53 Å². The molecule has 0 aliphatic heterocycles. The number of alkyl carbamates (subject to hydrolysis) is 1. The summed E-state index contributed by atoms with van der Waals surface area (Å²) < 4.78 is 5.10. The molecule has 1 amide bonds. The maximum absolute atomic E-state index is 11.3. The van der Waals surface area contributed by atoms with Crippen molar-refractivity contribution in [1.82, 2.24) is 10.6 Å². The van der Waals surface area contributed by atoms with Crippen molar-refractivity contribution in [3.63, 3.8) is 0 Å². The molecule has 0 aromatic carbocycles. The fourth-order valence-electron chi connectivity index (χ4n) is 1.08. The monoisotopic (exact) mass is 242 g/mol. The predicted octanol–water partition coefficient (Wildman–Crippen LogP) is 2.31. The van der Waals surface area contributed by atoms with Crippen LogP contribution in [0.4, 0.5) is 4.79 Å². The maximum atomic E-state index is 11.3. The highest BCUT2D eigenvalue weighted by Crippen LogP contribution is 2.05. The summed E-state index contributed by atoms with van der Waals surface area (Å²) in [6, 6.07) is 0. The smallest absolute Gasteiger partial charge is 0.407 e. The fraction of sp³-hybridized carbons (Fsp3) is 0.769. The second-order valence-electron chi connectivity index (χ2n) is 5.41. The predicted molar refractivity (Wildman–Crippen MR) is 71.1 cm³/mol. The summed E-state index contributed by atoms with van der Waals surface area (Å²) in [5, 5.41) is 5.94. The summed E-state index contributed by atoms with van der Waals surface area (Å²) >= 11 is 0. The number of hydrogen-bond donors (Lipinski definition) is 2. The molecule has 4 heteroatoms. The summed E-state index contributed by atoms with van der Waals surface area (Å²) in [7, 11) is 0. The van der Waals surface area contributed by atoms with Gasteiger partial charge in [-0.25, -0.2) is 4.79 Å². The molecule has 0 aliphatic rings. The highest BCUT2D eigenvalue weighted by Gasteiger charge is 2.14. The molecule has 0 atom stereocenters. The fourth-order valence-corrected chi connectivity index (χ4v) is 1.08. The van der Waals surface area contributed by atoms with Crippen LogP contribution < -0.4 is 10.6 Å². The molecule has 0 heterocycles. The van der Waals surface area contributed by atoms with Crippen molar-refractivity contribution in [2.24, 2.45) is 5.92 Å². The zero-order valence-corrected chi connectivity index (χ0v) is 11.7. The molecular formula is C13H26N2O2. The van der Waals surface area contributed by atoms with E-state index >= 15 is 0 Å². The van der Waals surface area contributed by atoms with Gasteiger partial charge >= 0.3 is 6.09 Å². The highest BCUT2D eigenvalue weighted by atomic mass is 16.6. The number of carbonyl (C=O) groups is 1. The molecular weight excluding hydrogens is 216 g/mol. The molecule has 0 aliphatic carbocycles. The Hall–Kier alpha value is -1.03. The maximum Gasteiger partial charge on any atom is 0.407 e. The first-order valence-corrected chi connectivity index (χ1v) is 6.14. The minimum absolute atomic E-state index is 0.378. The van der Waals surface area contributed by atoms with Gasteiger partial charge in [0.1, 0.15) is 5.60 Å². The molecule has 0 rings (SSSR count). The normalized spacial score (nSPS) is 12.1. The lowest BCUT2D eigenvalue weighted by atomic mass is 10.2. The molecule has 100 valence electrons. The Morgan fingerprint density at radius 1 is 1.24 bits per heavy atom. The van der Waals surface area contributed by atoms with E-state index in [0.29, 0.717) is 12.5 Å². The Kier molecular flexibility index (Phi) is 7.63. The van der Waals surface area contributed by atoms with E-state index in [9.17, 15) is 4.79 Å². The van der Waals surface area contributed by atoms with Gasteiger partial charge in [0.2, 0.25) is 0 Å². The van der Waals surface area contributed by atoms with Crippen molar-refractivity contribution in [3.05, 3.63) is 12.2 Å². The summed E-state index contributed by atoms with van der Waals surface area (Å²) in [5.41, 5.74) is -0.438. The largest absolute Gasteiger partial charge is 0.444 e. The van der Waals surface area contributed by atoms with Crippen molar-refractivity contribution in [1.29, 1.82) is 0 Å². The lowest BCUT2D eigenvalue weighted by Crippen LogP contribution is -2.32. The van der Waals surface area contributed by atoms with E-state index in [2.05, 4.69) is 24.5 Å². The van der Waals surface area contributed by atoms with Gasteiger partial charge < -0.3 is 15.4 Å². The summed E-state index contributed by atoms with van der Waals surface area (Å²) in [6.07, 6.45) is 3.54.